The number of aromatic nitrogens is 1. The van der Waals surface area contributed by atoms with E-state index in [2.05, 4.69) is 39.7 Å². The minimum Gasteiger partial charge on any atom is -0.503 e. The highest BCUT2D eigenvalue weighted by Crippen LogP contribution is 2.42. The molecular formula is C22H26BrN3O3S. The predicted octanol–water partition coefficient (Wildman–Crippen LogP) is 4.44. The van der Waals surface area contributed by atoms with Gasteiger partial charge in [0.25, 0.3) is 5.91 Å². The second kappa shape index (κ2) is 9.41. The van der Waals surface area contributed by atoms with Crippen molar-refractivity contribution >= 4 is 39.0 Å². The SMILES string of the molecule is CCN(CC)CCN1C(=O)C(O)=C(C(=O)c2sc(C)nc2C)C1c1ccccc1Br. The largest absolute Gasteiger partial charge is 0.503 e. The minimum atomic E-state index is -0.655. The Bertz CT molecular complexity index is 997. The molecule has 0 saturated heterocycles. The molecule has 3 rings (SSSR count). The van der Waals surface area contributed by atoms with Gasteiger partial charge in [-0.25, -0.2) is 4.98 Å². The van der Waals surface area contributed by atoms with Crippen molar-refractivity contribution in [2.24, 2.45) is 0 Å². The molecule has 1 unspecified atom stereocenters. The van der Waals surface area contributed by atoms with Crippen LogP contribution in [0.25, 0.3) is 0 Å². The maximum atomic E-state index is 13.5. The minimum absolute atomic E-state index is 0.123. The molecule has 160 valence electrons. The van der Waals surface area contributed by atoms with E-state index in [1.54, 1.807) is 11.8 Å². The number of thiazole rings is 1. The normalized spacial score (nSPS) is 16.8. The van der Waals surface area contributed by atoms with Crippen LogP contribution >= 0.6 is 27.3 Å². The third-order valence-corrected chi connectivity index (χ3v) is 7.20. The van der Waals surface area contributed by atoms with E-state index in [-0.39, 0.29) is 11.4 Å². The number of carbonyl (C=O) groups excluding carboxylic acids is 2. The van der Waals surface area contributed by atoms with Gasteiger partial charge in [-0.05, 0) is 38.6 Å². The summed E-state index contributed by atoms with van der Waals surface area (Å²) in [7, 11) is 0. The highest BCUT2D eigenvalue weighted by atomic mass is 79.9. The molecule has 1 aromatic carbocycles. The number of ketones is 1. The van der Waals surface area contributed by atoms with Gasteiger partial charge in [-0.15, -0.1) is 11.3 Å². The lowest BCUT2D eigenvalue weighted by Crippen LogP contribution is -2.38. The van der Waals surface area contributed by atoms with Gasteiger partial charge in [-0.2, -0.15) is 0 Å². The van der Waals surface area contributed by atoms with Gasteiger partial charge < -0.3 is 14.9 Å². The van der Waals surface area contributed by atoms with Gasteiger partial charge in [0.1, 0.15) is 0 Å². The molecule has 0 saturated carbocycles. The summed E-state index contributed by atoms with van der Waals surface area (Å²) >= 11 is 4.84. The number of carbonyl (C=O) groups is 2. The van der Waals surface area contributed by atoms with Crippen LogP contribution in [0, 0.1) is 13.8 Å². The Kier molecular flexibility index (Phi) is 7.10. The second-order valence-corrected chi connectivity index (χ2v) is 9.25. The average molecular weight is 492 g/mol. The Morgan fingerprint density at radius 2 is 1.93 bits per heavy atom. The highest BCUT2D eigenvalue weighted by molar-refractivity contribution is 9.10. The van der Waals surface area contributed by atoms with Crippen molar-refractivity contribution in [3.8, 4) is 0 Å². The molecule has 0 spiro atoms. The summed E-state index contributed by atoms with van der Waals surface area (Å²) in [6, 6.07) is 6.85. The van der Waals surface area contributed by atoms with Gasteiger partial charge in [0.05, 0.1) is 27.2 Å². The van der Waals surface area contributed by atoms with E-state index in [0.29, 0.717) is 23.7 Å². The smallest absolute Gasteiger partial charge is 0.290 e. The van der Waals surface area contributed by atoms with Gasteiger partial charge in [0.2, 0.25) is 5.78 Å². The van der Waals surface area contributed by atoms with E-state index in [9.17, 15) is 14.7 Å². The molecule has 0 radical (unpaired) electrons. The molecule has 1 aromatic heterocycles. The first-order valence-corrected chi connectivity index (χ1v) is 11.6. The van der Waals surface area contributed by atoms with Crippen LogP contribution < -0.4 is 0 Å². The van der Waals surface area contributed by atoms with E-state index in [4.69, 9.17) is 0 Å². The zero-order valence-electron chi connectivity index (χ0n) is 17.6. The van der Waals surface area contributed by atoms with E-state index in [0.717, 1.165) is 28.1 Å². The second-order valence-electron chi connectivity index (χ2n) is 7.19. The Balaban J connectivity index is 2.07. The summed E-state index contributed by atoms with van der Waals surface area (Å²) in [5.74, 6) is -1.31. The number of halogens is 1. The molecule has 6 nitrogen and oxygen atoms in total. The van der Waals surface area contributed by atoms with E-state index >= 15 is 0 Å². The van der Waals surface area contributed by atoms with E-state index in [1.807, 2.05) is 31.2 Å². The molecule has 30 heavy (non-hydrogen) atoms. The molecule has 0 bridgehead atoms. The van der Waals surface area contributed by atoms with Crippen LogP contribution in [0.3, 0.4) is 0 Å². The molecule has 2 aromatic rings. The third kappa shape index (κ3) is 4.22. The molecule has 0 fully saturated rings. The van der Waals surface area contributed by atoms with Crippen molar-refractivity contribution in [3.05, 3.63) is 61.2 Å². The van der Waals surface area contributed by atoms with Gasteiger partial charge in [0.15, 0.2) is 5.76 Å². The maximum absolute atomic E-state index is 13.5. The summed E-state index contributed by atoms with van der Waals surface area (Å²) < 4.78 is 0.785. The number of hydrogen-bond acceptors (Lipinski definition) is 6. The molecule has 1 atom stereocenters. The number of nitrogens with zero attached hydrogens (tertiary/aromatic N) is 3. The van der Waals surface area contributed by atoms with Crippen LogP contribution in [-0.2, 0) is 4.79 Å². The molecular weight excluding hydrogens is 466 g/mol. The number of hydrogen-bond donors (Lipinski definition) is 1. The van der Waals surface area contributed by atoms with E-state index < -0.39 is 17.7 Å². The van der Waals surface area contributed by atoms with Crippen LogP contribution in [0.15, 0.2) is 40.1 Å². The zero-order valence-corrected chi connectivity index (χ0v) is 20.0. The summed E-state index contributed by atoms with van der Waals surface area (Å²) in [4.78, 5) is 35.1. The standard InChI is InChI=1S/C22H26BrN3O3S/c1-5-25(6-2)11-12-26-18(15-9-7-8-10-16(15)23)17(20(28)22(26)29)19(27)21-13(3)24-14(4)30-21/h7-10,18,28H,5-6,11-12H2,1-4H3. The number of aliphatic hydroxyl groups is 1. The van der Waals surface area contributed by atoms with Gasteiger partial charge >= 0.3 is 0 Å². The third-order valence-electron chi connectivity index (χ3n) is 5.41. The Morgan fingerprint density at radius 1 is 1.27 bits per heavy atom. The number of aliphatic hydroxyl groups excluding tert-OH is 1. The summed E-state index contributed by atoms with van der Waals surface area (Å²) in [5, 5.41) is 11.6. The molecule has 1 aliphatic heterocycles. The van der Waals surface area contributed by atoms with Crippen molar-refractivity contribution < 1.29 is 14.7 Å². The average Bonchev–Trinajstić information content (AvgIpc) is 3.19. The fourth-order valence-corrected chi connectivity index (χ4v) is 5.17. The molecule has 1 amide bonds. The van der Waals surface area contributed by atoms with Gasteiger partial charge in [0, 0.05) is 17.6 Å². The van der Waals surface area contributed by atoms with Gasteiger partial charge in [-0.1, -0.05) is 48.0 Å². The predicted molar refractivity (Wildman–Crippen MR) is 122 cm³/mol. The van der Waals surface area contributed by atoms with Crippen LogP contribution in [0.4, 0.5) is 0 Å². The van der Waals surface area contributed by atoms with Gasteiger partial charge in [-0.3, -0.25) is 9.59 Å². The molecule has 0 aliphatic carbocycles. The summed E-state index contributed by atoms with van der Waals surface area (Å²) in [5.41, 5.74) is 1.51. The van der Waals surface area contributed by atoms with Crippen molar-refractivity contribution in [1.29, 1.82) is 0 Å². The fourth-order valence-electron chi connectivity index (χ4n) is 3.79. The van der Waals surface area contributed by atoms with Crippen LogP contribution in [0.1, 0.15) is 45.8 Å². The van der Waals surface area contributed by atoms with Crippen LogP contribution in [0.2, 0.25) is 0 Å². The number of likely N-dealkylation sites (N-methyl/N-ethyl adjacent to an activating group) is 1. The molecule has 1 aliphatic rings. The van der Waals surface area contributed by atoms with Crippen molar-refractivity contribution in [2.75, 3.05) is 26.2 Å². The van der Waals surface area contributed by atoms with Crippen molar-refractivity contribution in [1.82, 2.24) is 14.8 Å². The van der Waals surface area contributed by atoms with Crippen molar-refractivity contribution in [3.63, 3.8) is 0 Å². The quantitative estimate of drug-likeness (QED) is 0.552. The van der Waals surface area contributed by atoms with Crippen molar-refractivity contribution in [2.45, 2.75) is 33.7 Å². The highest BCUT2D eigenvalue weighted by Gasteiger charge is 2.44. The molecule has 2 heterocycles. The first kappa shape index (κ1) is 22.7. The Morgan fingerprint density at radius 3 is 2.50 bits per heavy atom. The lowest BCUT2D eigenvalue weighted by Gasteiger charge is -2.29. The molecule has 1 N–H and O–H groups in total. The number of Topliss-reactive ketones (excluding diaryl/α,β-unsaturated/α-hetero) is 1. The van der Waals surface area contributed by atoms with E-state index in [1.165, 1.54) is 11.3 Å². The lowest BCUT2D eigenvalue weighted by molar-refractivity contribution is -0.129. The first-order chi connectivity index (χ1) is 14.3. The Hall–Kier alpha value is -2.03. The lowest BCUT2D eigenvalue weighted by atomic mass is 9.95. The monoisotopic (exact) mass is 491 g/mol. The Labute approximate surface area is 189 Å². The molecule has 8 heteroatoms. The number of amides is 1. The summed E-state index contributed by atoms with van der Waals surface area (Å²) in [6.45, 7) is 10.5. The number of benzene rings is 1. The first-order valence-electron chi connectivity index (χ1n) is 9.99. The number of rotatable bonds is 8. The van der Waals surface area contributed by atoms with Crippen LogP contribution in [0.5, 0.6) is 0 Å². The number of aryl methyl sites for hydroxylation is 2. The van der Waals surface area contributed by atoms with Crippen LogP contribution in [-0.4, -0.2) is 57.8 Å². The fraction of sp³-hybridized carbons (Fsp3) is 0.409. The summed E-state index contributed by atoms with van der Waals surface area (Å²) in [6.07, 6.45) is 0. The zero-order chi connectivity index (χ0) is 22.0. The maximum Gasteiger partial charge on any atom is 0.290 e. The topological polar surface area (TPSA) is 73.7 Å².